The zero-order chi connectivity index (χ0) is 35.4. The van der Waals surface area contributed by atoms with E-state index < -0.39 is 74.6 Å². The molecule has 0 radical (unpaired) electrons. The molecule has 2 heterocycles. The highest BCUT2D eigenvalue weighted by Crippen LogP contribution is 2.43. The molecule has 1 fully saturated rings. The molecule has 266 valence electrons. The Hall–Kier alpha value is -3.94. The lowest BCUT2D eigenvalue weighted by atomic mass is 10.0. The number of carbonyl (C=O) groups excluding carboxylic acids is 2. The highest BCUT2D eigenvalue weighted by atomic mass is 31.2. The number of phosphoric ester groups is 1. The van der Waals surface area contributed by atoms with Gasteiger partial charge in [-0.25, -0.2) is 19.6 Å². The summed E-state index contributed by atoms with van der Waals surface area (Å²) in [5.41, 5.74) is 19.1. The lowest BCUT2D eigenvalue weighted by Crippen LogP contribution is -2.49. The van der Waals surface area contributed by atoms with E-state index in [1.807, 2.05) is 49.7 Å². The molecule has 1 aromatic carbocycles. The summed E-state index contributed by atoms with van der Waals surface area (Å²) in [6, 6.07) is 8.59. The van der Waals surface area contributed by atoms with Gasteiger partial charge >= 0.3 is 19.5 Å². The highest BCUT2D eigenvalue weighted by molar-refractivity contribution is 7.47. The van der Waals surface area contributed by atoms with Gasteiger partial charge in [-0.05, 0) is 36.8 Å². The highest BCUT2D eigenvalue weighted by Gasteiger charge is 2.45. The van der Waals surface area contributed by atoms with Crippen molar-refractivity contribution in [3.05, 3.63) is 58.6 Å². The van der Waals surface area contributed by atoms with Crippen molar-refractivity contribution in [2.24, 2.45) is 22.4 Å². The van der Waals surface area contributed by atoms with E-state index in [0.29, 0.717) is 6.42 Å². The minimum atomic E-state index is -4.83. The van der Waals surface area contributed by atoms with Crippen molar-refractivity contribution in [1.82, 2.24) is 20.3 Å². The number of carbonyl (C=O) groups is 2. The van der Waals surface area contributed by atoms with Crippen LogP contribution in [0.15, 0.2) is 52.4 Å². The van der Waals surface area contributed by atoms with Crippen LogP contribution in [0.5, 0.6) is 0 Å². The molecule has 20 heteroatoms. The third-order valence-electron chi connectivity index (χ3n) is 6.95. The van der Waals surface area contributed by atoms with Crippen molar-refractivity contribution < 1.29 is 47.9 Å². The Morgan fingerprint density at radius 2 is 1.90 bits per heavy atom. The second kappa shape index (κ2) is 18.0. The van der Waals surface area contributed by atoms with E-state index in [0.717, 1.165) is 10.1 Å². The van der Waals surface area contributed by atoms with Gasteiger partial charge in [0, 0.05) is 12.7 Å². The smallest absolute Gasteiger partial charge is 0.459 e. The predicted molar refractivity (Wildman–Crippen MR) is 170 cm³/mol. The first kappa shape index (κ1) is 38.5. The standard InChI is InChI=1S/C28H43N8O11P/c1-16(2)13-19(26(40)44-14-17-7-4-3-5-8-17)33-24(39)18(29)9-6-11-32-27(31)35-47-48(42,43)45-15-20-22(37)23(38)25(46-20)36-12-10-21(30)34-28(36)41/h3-5,7-8,10,12,16,18-20,22-23,25,37-38H,6,9,11,13-15,29H2,1-2H3,(H,33,39)(H,42,43)(H2,30,34,41)(H3,31,32,35)/t18?,19?,20-,22-,23-,25-/m1/s1. The van der Waals surface area contributed by atoms with Crippen LogP contribution < -0.4 is 33.7 Å². The second-order valence-electron chi connectivity index (χ2n) is 11.3. The number of aliphatic imine (C=N–C) groups is 1. The molecule has 1 aliphatic heterocycles. The number of aliphatic hydroxyl groups excluding tert-OH is 2. The van der Waals surface area contributed by atoms with Crippen LogP contribution in [0.1, 0.15) is 44.9 Å². The molecule has 3 unspecified atom stereocenters. The molecular formula is C28H43N8O11P. The summed E-state index contributed by atoms with van der Waals surface area (Å²) in [6.45, 7) is 3.22. The van der Waals surface area contributed by atoms with Gasteiger partial charge in [0.2, 0.25) is 11.9 Å². The van der Waals surface area contributed by atoms with Gasteiger partial charge in [-0.1, -0.05) is 44.2 Å². The molecule has 0 bridgehead atoms. The number of nitrogens with one attached hydrogen (secondary N) is 2. The summed E-state index contributed by atoms with van der Waals surface area (Å²) >= 11 is 0. The van der Waals surface area contributed by atoms with E-state index in [1.54, 1.807) is 0 Å². The van der Waals surface area contributed by atoms with Crippen LogP contribution in [0.2, 0.25) is 0 Å². The number of esters is 1. The number of nitrogens with two attached hydrogens (primary N) is 3. The van der Waals surface area contributed by atoms with Crippen molar-refractivity contribution in [3.63, 3.8) is 0 Å². The van der Waals surface area contributed by atoms with E-state index in [2.05, 4.69) is 19.9 Å². The number of guanidine groups is 1. The fourth-order valence-electron chi connectivity index (χ4n) is 4.48. The molecular weight excluding hydrogens is 655 g/mol. The van der Waals surface area contributed by atoms with Crippen LogP contribution in [-0.2, 0) is 39.4 Å². The van der Waals surface area contributed by atoms with Crippen molar-refractivity contribution in [3.8, 4) is 0 Å². The third-order valence-corrected chi connectivity index (χ3v) is 7.75. The van der Waals surface area contributed by atoms with Crippen LogP contribution in [0, 0.1) is 5.92 Å². The van der Waals surface area contributed by atoms with Crippen LogP contribution in [0.4, 0.5) is 5.82 Å². The van der Waals surface area contributed by atoms with Crippen molar-refractivity contribution in [2.45, 2.75) is 76.3 Å². The van der Waals surface area contributed by atoms with Gasteiger partial charge < -0.3 is 47.1 Å². The Balaban J connectivity index is 1.39. The van der Waals surface area contributed by atoms with E-state index in [-0.39, 0.29) is 37.7 Å². The Labute approximate surface area is 276 Å². The van der Waals surface area contributed by atoms with Crippen molar-refractivity contribution >= 4 is 31.5 Å². The number of aliphatic hydroxyl groups is 2. The van der Waals surface area contributed by atoms with Gasteiger partial charge in [0.1, 0.15) is 36.8 Å². The molecule has 2 aromatic rings. The maximum atomic E-state index is 12.7. The Bertz CT molecular complexity index is 1500. The molecule has 48 heavy (non-hydrogen) atoms. The second-order valence-corrected chi connectivity index (χ2v) is 12.7. The molecule has 0 spiro atoms. The van der Waals surface area contributed by atoms with Gasteiger partial charge in [-0.2, -0.15) is 9.61 Å². The Kier molecular flexibility index (Phi) is 14.4. The molecule has 1 amide bonds. The van der Waals surface area contributed by atoms with Crippen LogP contribution in [-0.4, -0.2) is 86.0 Å². The summed E-state index contributed by atoms with van der Waals surface area (Å²) in [5, 5.41) is 23.2. The number of hydrogen-bond donors (Lipinski definition) is 8. The molecule has 19 nitrogen and oxygen atoms in total. The SMILES string of the molecule is CC(C)CC(NC(=O)C(N)CCCN=C(N)NOP(=O)(O)OC[C@H]1O[C@@H](n2ccc(N)nc2=O)[C@H](O)[C@@H]1O)C(=O)OCc1ccccc1. The van der Waals surface area contributed by atoms with Crippen molar-refractivity contribution in [2.75, 3.05) is 18.9 Å². The number of aromatic nitrogens is 2. The summed E-state index contributed by atoms with van der Waals surface area (Å²) in [5.74, 6) is -1.47. The predicted octanol–water partition coefficient (Wildman–Crippen LogP) is -1.22. The number of hydrogen-bond acceptors (Lipinski definition) is 14. The zero-order valence-electron chi connectivity index (χ0n) is 26.5. The molecule has 1 aromatic heterocycles. The van der Waals surface area contributed by atoms with Gasteiger partial charge in [-0.15, -0.1) is 0 Å². The number of benzene rings is 1. The number of anilines is 1. The minimum Gasteiger partial charge on any atom is -0.459 e. The molecule has 3 rings (SSSR count). The largest absolute Gasteiger partial charge is 0.493 e. The van der Waals surface area contributed by atoms with Gasteiger partial charge in [0.25, 0.3) is 0 Å². The Morgan fingerprint density at radius 3 is 2.56 bits per heavy atom. The molecule has 11 N–H and O–H groups in total. The van der Waals surface area contributed by atoms with Crippen LogP contribution >= 0.6 is 7.82 Å². The number of ether oxygens (including phenoxy) is 2. The lowest BCUT2D eigenvalue weighted by Gasteiger charge is -2.21. The first-order valence-corrected chi connectivity index (χ1v) is 16.5. The summed E-state index contributed by atoms with van der Waals surface area (Å²) in [6.07, 6.45) is -3.86. The van der Waals surface area contributed by atoms with Crippen LogP contribution in [0.25, 0.3) is 0 Å². The average Bonchev–Trinajstić information content (AvgIpc) is 3.32. The number of rotatable bonds is 17. The molecule has 7 atom stereocenters. The number of nitrogens with zero attached hydrogens (tertiary/aromatic N) is 3. The zero-order valence-corrected chi connectivity index (χ0v) is 27.3. The van der Waals surface area contributed by atoms with Crippen LogP contribution in [0.3, 0.4) is 0 Å². The van der Waals surface area contributed by atoms with Gasteiger partial charge in [0.15, 0.2) is 6.23 Å². The first-order chi connectivity index (χ1) is 22.7. The number of amides is 1. The fourth-order valence-corrected chi connectivity index (χ4v) is 5.08. The third kappa shape index (κ3) is 11.9. The Morgan fingerprint density at radius 1 is 1.19 bits per heavy atom. The quantitative estimate of drug-likeness (QED) is 0.0240. The van der Waals surface area contributed by atoms with E-state index in [1.165, 1.54) is 12.3 Å². The minimum absolute atomic E-state index is 0.0506. The summed E-state index contributed by atoms with van der Waals surface area (Å²) in [4.78, 5) is 54.8. The lowest BCUT2D eigenvalue weighted by molar-refractivity contribution is -0.149. The molecule has 1 saturated heterocycles. The van der Waals surface area contributed by atoms with E-state index in [9.17, 15) is 34.1 Å². The normalized spacial score (nSPS) is 22.1. The van der Waals surface area contributed by atoms with E-state index >= 15 is 0 Å². The van der Waals surface area contributed by atoms with Gasteiger partial charge in [-0.3, -0.25) is 18.9 Å². The topological polar surface area (TPSA) is 298 Å². The number of hydroxylamine groups is 1. The maximum Gasteiger partial charge on any atom is 0.493 e. The molecule has 0 saturated carbocycles. The van der Waals surface area contributed by atoms with Gasteiger partial charge in [0.05, 0.1) is 12.6 Å². The first-order valence-electron chi connectivity index (χ1n) is 15.0. The summed E-state index contributed by atoms with van der Waals surface area (Å²) < 4.78 is 33.4. The number of nitrogen functional groups attached to an aromatic ring is 1. The average molecular weight is 699 g/mol. The molecule has 1 aliphatic rings. The molecule has 0 aliphatic carbocycles. The van der Waals surface area contributed by atoms with E-state index in [4.69, 9.17) is 31.2 Å². The number of phosphoric acid groups is 1. The maximum absolute atomic E-state index is 12.7. The monoisotopic (exact) mass is 698 g/mol. The fraction of sp³-hybridized carbons (Fsp3) is 0.536. The van der Waals surface area contributed by atoms with Crippen molar-refractivity contribution in [1.29, 1.82) is 0 Å². The summed E-state index contributed by atoms with van der Waals surface area (Å²) in [7, 11) is -4.83.